The molecular formula is C34H34F4N6O2S. The minimum absolute atomic E-state index is 0.0900. The zero-order valence-corrected chi connectivity index (χ0v) is 27.1. The van der Waals surface area contributed by atoms with Crippen molar-refractivity contribution in [3.8, 4) is 28.5 Å². The van der Waals surface area contributed by atoms with E-state index in [1.807, 2.05) is 55.0 Å². The van der Waals surface area contributed by atoms with Crippen LogP contribution in [0.5, 0.6) is 5.75 Å². The highest BCUT2D eigenvalue weighted by Crippen LogP contribution is 2.27. The van der Waals surface area contributed by atoms with Crippen molar-refractivity contribution in [1.29, 1.82) is 0 Å². The van der Waals surface area contributed by atoms with Crippen molar-refractivity contribution >= 4 is 17.4 Å². The molecule has 2 aromatic heterocycles. The molecule has 8 nitrogen and oxygen atoms in total. The molecule has 0 aliphatic rings. The van der Waals surface area contributed by atoms with Crippen LogP contribution < -0.4 is 14.9 Å². The molecule has 5 rings (SSSR count). The van der Waals surface area contributed by atoms with Crippen LogP contribution in [0.4, 0.5) is 22.4 Å². The van der Waals surface area contributed by atoms with Crippen LogP contribution in [-0.2, 0) is 0 Å². The molecule has 1 atom stereocenters. The SMILES string of the molecule is Cc1cs/c(=N\C(=O)NCCCC(C)c2ccc(-c3ncn(-c4ccc(OC(F)(F)F)cc4)n3)cc2)n1-c1ccc(F)cc1C(C)C. The highest BCUT2D eigenvalue weighted by atomic mass is 32.1. The minimum Gasteiger partial charge on any atom is -0.406 e. The summed E-state index contributed by atoms with van der Waals surface area (Å²) in [5, 5.41) is 9.26. The van der Waals surface area contributed by atoms with Crippen molar-refractivity contribution in [3.63, 3.8) is 0 Å². The van der Waals surface area contributed by atoms with Gasteiger partial charge < -0.3 is 10.1 Å². The van der Waals surface area contributed by atoms with E-state index in [0.717, 1.165) is 40.9 Å². The number of aryl methyl sites for hydroxylation is 1. The van der Waals surface area contributed by atoms with E-state index in [0.29, 0.717) is 22.9 Å². The summed E-state index contributed by atoms with van der Waals surface area (Å²) in [5.74, 6) is 0.190. The highest BCUT2D eigenvalue weighted by molar-refractivity contribution is 7.07. The molecule has 246 valence electrons. The third-order valence-corrected chi connectivity index (χ3v) is 8.53. The Morgan fingerprint density at radius 2 is 1.77 bits per heavy atom. The molecule has 47 heavy (non-hydrogen) atoms. The predicted molar refractivity (Wildman–Crippen MR) is 173 cm³/mol. The Bertz CT molecular complexity index is 1890. The molecule has 0 saturated carbocycles. The first-order valence-corrected chi connectivity index (χ1v) is 15.9. The van der Waals surface area contributed by atoms with Crippen LogP contribution in [0.3, 0.4) is 0 Å². The molecule has 2 heterocycles. The fourth-order valence-electron chi connectivity index (χ4n) is 5.13. The summed E-state index contributed by atoms with van der Waals surface area (Å²) < 4.78 is 58.5. The van der Waals surface area contributed by atoms with Gasteiger partial charge in [0.1, 0.15) is 17.9 Å². The third-order valence-electron chi connectivity index (χ3n) is 7.58. The molecule has 0 spiro atoms. The summed E-state index contributed by atoms with van der Waals surface area (Å²) in [6.07, 6.45) is -1.66. The smallest absolute Gasteiger partial charge is 0.406 e. The van der Waals surface area contributed by atoms with Crippen molar-refractivity contribution in [3.05, 3.63) is 106 Å². The van der Waals surface area contributed by atoms with Gasteiger partial charge in [0.15, 0.2) is 10.6 Å². The lowest BCUT2D eigenvalue weighted by molar-refractivity contribution is -0.274. The van der Waals surface area contributed by atoms with E-state index in [9.17, 15) is 22.4 Å². The van der Waals surface area contributed by atoms with E-state index in [-0.39, 0.29) is 23.4 Å². The lowest BCUT2D eigenvalue weighted by Crippen LogP contribution is -2.26. The van der Waals surface area contributed by atoms with Gasteiger partial charge in [-0.15, -0.1) is 29.6 Å². The number of nitrogens with zero attached hydrogens (tertiary/aromatic N) is 5. The largest absolute Gasteiger partial charge is 0.573 e. The Morgan fingerprint density at radius 1 is 1.04 bits per heavy atom. The van der Waals surface area contributed by atoms with Gasteiger partial charge in [0.05, 0.1) is 11.4 Å². The predicted octanol–water partition coefficient (Wildman–Crippen LogP) is 8.45. The molecule has 3 aromatic carbocycles. The summed E-state index contributed by atoms with van der Waals surface area (Å²) in [5.41, 5.74) is 5.03. The number of aromatic nitrogens is 4. The van der Waals surface area contributed by atoms with Crippen molar-refractivity contribution < 1.29 is 27.1 Å². The van der Waals surface area contributed by atoms with Crippen LogP contribution >= 0.6 is 11.3 Å². The van der Waals surface area contributed by atoms with Crippen molar-refractivity contribution in [2.45, 2.75) is 58.7 Å². The normalized spacial score (nSPS) is 12.8. The Morgan fingerprint density at radius 3 is 2.45 bits per heavy atom. The number of carbonyl (C=O) groups is 1. The molecule has 1 unspecified atom stereocenters. The molecule has 1 N–H and O–H groups in total. The first-order chi connectivity index (χ1) is 22.4. The number of halogens is 4. The zero-order chi connectivity index (χ0) is 33.7. The summed E-state index contributed by atoms with van der Waals surface area (Å²) in [6, 6.07) is 17.5. The standard InChI is InChI=1S/C34H34F4N6O2S/c1-21(2)29-18-26(35)11-16-30(29)44-23(4)19-47-33(44)41-32(45)39-17-5-6-22(3)24-7-9-25(10-8-24)31-40-20-43(42-31)27-12-14-28(15-13-27)46-34(36,37)38/h7-16,18-22H,5-6,17H2,1-4H3,(H,39,45)/b41-33-. The van der Waals surface area contributed by atoms with Crippen LogP contribution in [-0.4, -0.2) is 38.3 Å². The zero-order valence-electron chi connectivity index (χ0n) is 26.3. The van der Waals surface area contributed by atoms with Gasteiger partial charge in [0.2, 0.25) is 0 Å². The van der Waals surface area contributed by atoms with E-state index in [2.05, 4.69) is 32.1 Å². The molecule has 0 saturated heterocycles. The van der Waals surface area contributed by atoms with Gasteiger partial charge in [0, 0.05) is 23.2 Å². The van der Waals surface area contributed by atoms with Gasteiger partial charge in [-0.2, -0.15) is 4.99 Å². The van der Waals surface area contributed by atoms with Gasteiger partial charge in [-0.1, -0.05) is 45.0 Å². The average Bonchev–Trinajstić information content (AvgIpc) is 3.66. The second-order valence-corrected chi connectivity index (χ2v) is 12.3. The average molecular weight is 667 g/mol. The second kappa shape index (κ2) is 14.3. The van der Waals surface area contributed by atoms with E-state index in [4.69, 9.17) is 0 Å². The van der Waals surface area contributed by atoms with Gasteiger partial charge >= 0.3 is 12.4 Å². The van der Waals surface area contributed by atoms with E-state index in [1.54, 1.807) is 6.07 Å². The molecule has 2 amide bonds. The summed E-state index contributed by atoms with van der Waals surface area (Å²) >= 11 is 1.36. The van der Waals surface area contributed by atoms with Crippen molar-refractivity contribution in [2.24, 2.45) is 4.99 Å². The molecular weight excluding hydrogens is 632 g/mol. The molecule has 0 aliphatic heterocycles. The Labute approximate surface area is 273 Å². The quantitative estimate of drug-likeness (QED) is 0.120. The number of carbonyl (C=O) groups excluding carboxylic acids is 1. The molecule has 0 radical (unpaired) electrons. The number of ether oxygens (including phenoxy) is 1. The molecule has 13 heteroatoms. The topological polar surface area (TPSA) is 86.3 Å². The Kier molecular flexibility index (Phi) is 10.2. The first-order valence-electron chi connectivity index (χ1n) is 15.1. The summed E-state index contributed by atoms with van der Waals surface area (Å²) in [4.78, 5) is 21.9. The number of nitrogens with one attached hydrogen (secondary N) is 1. The maximum atomic E-state index is 14.0. The minimum atomic E-state index is -4.75. The molecule has 0 fully saturated rings. The number of benzene rings is 3. The van der Waals surface area contributed by atoms with E-state index in [1.165, 1.54) is 58.7 Å². The van der Waals surface area contributed by atoms with Crippen LogP contribution in [0.1, 0.15) is 62.3 Å². The lowest BCUT2D eigenvalue weighted by Gasteiger charge is -2.15. The van der Waals surface area contributed by atoms with Crippen LogP contribution in [0, 0.1) is 12.7 Å². The number of amides is 2. The van der Waals surface area contributed by atoms with Gasteiger partial charge in [0.25, 0.3) is 0 Å². The van der Waals surface area contributed by atoms with Gasteiger partial charge in [-0.25, -0.2) is 18.9 Å². The molecule has 5 aromatic rings. The molecule has 0 aliphatic carbocycles. The lowest BCUT2D eigenvalue weighted by atomic mass is 9.95. The number of thiazole rings is 1. The molecule has 0 bridgehead atoms. The Balaban J connectivity index is 1.14. The number of alkyl halides is 3. The fraction of sp³-hybridized carbons (Fsp3) is 0.294. The van der Waals surface area contributed by atoms with Crippen LogP contribution in [0.15, 0.2) is 83.4 Å². The van der Waals surface area contributed by atoms with Crippen molar-refractivity contribution in [1.82, 2.24) is 24.6 Å². The number of rotatable bonds is 10. The number of urea groups is 1. The van der Waals surface area contributed by atoms with Crippen molar-refractivity contribution in [2.75, 3.05) is 6.54 Å². The Hall–Kier alpha value is -4.78. The first kappa shape index (κ1) is 33.6. The van der Waals surface area contributed by atoms with Gasteiger partial charge in [-0.05, 0) is 85.2 Å². The maximum absolute atomic E-state index is 14.0. The number of hydrogen-bond donors (Lipinski definition) is 1. The number of hydrogen-bond acceptors (Lipinski definition) is 5. The van der Waals surface area contributed by atoms with E-state index >= 15 is 0 Å². The van der Waals surface area contributed by atoms with Crippen LogP contribution in [0.2, 0.25) is 0 Å². The summed E-state index contributed by atoms with van der Waals surface area (Å²) in [6.45, 7) is 8.52. The second-order valence-electron chi connectivity index (χ2n) is 11.4. The third kappa shape index (κ3) is 8.53. The highest BCUT2D eigenvalue weighted by Gasteiger charge is 2.31. The maximum Gasteiger partial charge on any atom is 0.573 e. The van der Waals surface area contributed by atoms with Gasteiger partial charge in [-0.3, -0.25) is 4.57 Å². The van der Waals surface area contributed by atoms with E-state index < -0.39 is 12.4 Å². The fourth-order valence-corrected chi connectivity index (χ4v) is 6.00. The summed E-state index contributed by atoms with van der Waals surface area (Å²) in [7, 11) is 0. The van der Waals surface area contributed by atoms with Crippen LogP contribution in [0.25, 0.3) is 22.8 Å². The monoisotopic (exact) mass is 666 g/mol.